The van der Waals surface area contributed by atoms with Crippen molar-refractivity contribution in [3.05, 3.63) is 48.3 Å². The number of rotatable bonds is 1. The molecule has 0 bridgehead atoms. The van der Waals surface area contributed by atoms with E-state index < -0.39 is 0 Å². The predicted octanol–water partition coefficient (Wildman–Crippen LogP) is 2.79. The molecule has 64 valence electrons. The highest BCUT2D eigenvalue weighted by atomic mass is 32.1. The number of hydrogen-bond donors (Lipinski definition) is 0. The third-order valence-electron chi connectivity index (χ3n) is 1.98. The van der Waals surface area contributed by atoms with Crippen LogP contribution in [0.25, 0.3) is 5.57 Å². The average Bonchev–Trinajstić information content (AvgIpc) is 2.20. The average molecular weight is 187 g/mol. The van der Waals surface area contributed by atoms with Crippen molar-refractivity contribution >= 4 is 22.7 Å². The molecule has 0 radical (unpaired) electrons. The maximum Gasteiger partial charge on any atom is 0.0346 e. The molecule has 2 heteroatoms. The second kappa shape index (κ2) is 3.62. The van der Waals surface area contributed by atoms with Gasteiger partial charge in [-0.3, -0.25) is 4.98 Å². The zero-order valence-electron chi connectivity index (χ0n) is 7.10. The smallest absolute Gasteiger partial charge is 0.0346 e. The van der Waals surface area contributed by atoms with Crippen LogP contribution < -0.4 is 0 Å². The van der Waals surface area contributed by atoms with Crippen LogP contribution in [0, 0.1) is 0 Å². The van der Waals surface area contributed by atoms with Gasteiger partial charge in [0.25, 0.3) is 0 Å². The van der Waals surface area contributed by atoms with Gasteiger partial charge in [-0.25, -0.2) is 0 Å². The van der Waals surface area contributed by atoms with Crippen molar-refractivity contribution < 1.29 is 0 Å². The van der Waals surface area contributed by atoms with E-state index in [-0.39, 0.29) is 0 Å². The normalized spacial score (nSPS) is 15.7. The highest BCUT2D eigenvalue weighted by Gasteiger charge is 2.07. The molecule has 1 heterocycles. The maximum absolute atomic E-state index is 5.26. The Bertz CT molecular complexity index is 376. The summed E-state index contributed by atoms with van der Waals surface area (Å²) in [5.41, 5.74) is 2.24. The molecule has 0 unspecified atom stereocenters. The van der Waals surface area contributed by atoms with Crippen LogP contribution in [-0.2, 0) is 0 Å². The molecule has 0 fully saturated rings. The van der Waals surface area contributed by atoms with Gasteiger partial charge in [-0.2, -0.15) is 0 Å². The predicted molar refractivity (Wildman–Crippen MR) is 58.6 cm³/mol. The largest absolute Gasteiger partial charge is 0.264 e. The lowest BCUT2D eigenvalue weighted by Crippen LogP contribution is -2.00. The van der Waals surface area contributed by atoms with Crippen LogP contribution in [0.4, 0.5) is 0 Å². The van der Waals surface area contributed by atoms with Gasteiger partial charge in [-0.1, -0.05) is 36.5 Å². The van der Waals surface area contributed by atoms with Crippen molar-refractivity contribution in [2.75, 3.05) is 0 Å². The quantitative estimate of drug-likeness (QED) is 0.627. The number of aromatic nitrogens is 1. The zero-order valence-corrected chi connectivity index (χ0v) is 7.92. The molecule has 1 aromatic rings. The van der Waals surface area contributed by atoms with Crippen LogP contribution in [0.1, 0.15) is 12.0 Å². The minimum atomic E-state index is 0.871. The Labute approximate surface area is 82.8 Å². The standard InChI is InChI=1S/C11H9NS/c13-11-6-2-1-5-10(11)9-4-3-7-12-8-9/h1-5,7-8H,6H2. The van der Waals surface area contributed by atoms with Gasteiger partial charge < -0.3 is 0 Å². The van der Waals surface area contributed by atoms with Crippen LogP contribution in [0.3, 0.4) is 0 Å². The van der Waals surface area contributed by atoms with Crippen LogP contribution >= 0.6 is 12.2 Å². The fraction of sp³-hybridized carbons (Fsp3) is 0.0909. The van der Waals surface area contributed by atoms with Crippen LogP contribution in [0.15, 0.2) is 42.8 Å². The molecule has 1 aliphatic rings. The molecule has 2 rings (SSSR count). The Balaban J connectivity index is 2.41. The van der Waals surface area contributed by atoms with Gasteiger partial charge in [0.2, 0.25) is 0 Å². The second-order valence-corrected chi connectivity index (χ2v) is 3.37. The molecule has 0 N–H and O–H groups in total. The van der Waals surface area contributed by atoms with Crippen molar-refractivity contribution in [2.24, 2.45) is 0 Å². The van der Waals surface area contributed by atoms with Crippen molar-refractivity contribution in [2.45, 2.75) is 6.42 Å². The molecule has 0 amide bonds. The maximum atomic E-state index is 5.26. The fourth-order valence-electron chi connectivity index (χ4n) is 1.32. The summed E-state index contributed by atoms with van der Waals surface area (Å²) >= 11 is 5.26. The van der Waals surface area contributed by atoms with E-state index in [0.717, 1.165) is 22.4 Å². The highest BCUT2D eigenvalue weighted by molar-refractivity contribution is 7.81. The van der Waals surface area contributed by atoms with E-state index in [1.165, 1.54) is 0 Å². The first-order valence-electron chi connectivity index (χ1n) is 4.18. The Morgan fingerprint density at radius 1 is 1.38 bits per heavy atom. The van der Waals surface area contributed by atoms with E-state index in [1.54, 1.807) is 6.20 Å². The summed E-state index contributed by atoms with van der Waals surface area (Å²) in [4.78, 5) is 5.07. The summed E-state index contributed by atoms with van der Waals surface area (Å²) in [5.74, 6) is 0. The van der Waals surface area contributed by atoms with Gasteiger partial charge in [0.1, 0.15) is 0 Å². The third-order valence-corrected chi connectivity index (χ3v) is 2.36. The molecule has 0 atom stereocenters. The minimum Gasteiger partial charge on any atom is -0.264 e. The zero-order chi connectivity index (χ0) is 9.10. The molecule has 1 aliphatic carbocycles. The molecule has 1 aromatic heterocycles. The monoisotopic (exact) mass is 187 g/mol. The van der Waals surface area contributed by atoms with Crippen molar-refractivity contribution in [3.8, 4) is 0 Å². The Hall–Kier alpha value is -1.28. The van der Waals surface area contributed by atoms with Gasteiger partial charge in [0.15, 0.2) is 0 Å². The lowest BCUT2D eigenvalue weighted by Gasteiger charge is -2.09. The molecule has 0 aromatic carbocycles. The first-order valence-corrected chi connectivity index (χ1v) is 4.59. The highest BCUT2D eigenvalue weighted by Crippen LogP contribution is 2.20. The molecule has 0 saturated carbocycles. The number of thiocarbonyl (C=S) groups is 1. The van der Waals surface area contributed by atoms with Gasteiger partial charge in [-0.05, 0) is 11.6 Å². The molecular formula is C11H9NS. The number of nitrogens with zero attached hydrogens (tertiary/aromatic N) is 1. The minimum absolute atomic E-state index is 0.871. The molecule has 1 nitrogen and oxygen atoms in total. The van der Waals surface area contributed by atoms with Crippen molar-refractivity contribution in [3.63, 3.8) is 0 Å². The summed E-state index contributed by atoms with van der Waals surface area (Å²) in [6.45, 7) is 0. The Kier molecular flexibility index (Phi) is 2.32. The SMILES string of the molecule is S=C1CC=CC=C1c1cccnc1. The summed E-state index contributed by atoms with van der Waals surface area (Å²) in [5, 5.41) is 0. The number of hydrogen-bond acceptors (Lipinski definition) is 2. The molecule has 0 aliphatic heterocycles. The molecule has 13 heavy (non-hydrogen) atoms. The summed E-state index contributed by atoms with van der Waals surface area (Å²) in [7, 11) is 0. The number of pyridine rings is 1. The first kappa shape index (κ1) is 8.32. The van der Waals surface area contributed by atoms with E-state index in [1.807, 2.05) is 30.5 Å². The van der Waals surface area contributed by atoms with E-state index in [0.29, 0.717) is 0 Å². The lowest BCUT2D eigenvalue weighted by molar-refractivity contribution is 1.31. The summed E-state index contributed by atoms with van der Waals surface area (Å²) in [6.07, 6.45) is 10.6. The molecule has 0 spiro atoms. The van der Waals surface area contributed by atoms with E-state index >= 15 is 0 Å². The van der Waals surface area contributed by atoms with Crippen molar-refractivity contribution in [1.29, 1.82) is 0 Å². The molecule has 0 saturated heterocycles. The first-order chi connectivity index (χ1) is 6.38. The fourth-order valence-corrected chi connectivity index (χ4v) is 1.60. The topological polar surface area (TPSA) is 12.9 Å². The van der Waals surface area contributed by atoms with Gasteiger partial charge in [0.05, 0.1) is 0 Å². The Morgan fingerprint density at radius 3 is 3.00 bits per heavy atom. The van der Waals surface area contributed by atoms with Gasteiger partial charge >= 0.3 is 0 Å². The van der Waals surface area contributed by atoms with Gasteiger partial charge in [0, 0.05) is 29.2 Å². The van der Waals surface area contributed by atoms with Crippen LogP contribution in [0.2, 0.25) is 0 Å². The van der Waals surface area contributed by atoms with E-state index in [2.05, 4.69) is 11.1 Å². The van der Waals surface area contributed by atoms with Crippen LogP contribution in [0.5, 0.6) is 0 Å². The Morgan fingerprint density at radius 2 is 2.31 bits per heavy atom. The van der Waals surface area contributed by atoms with Crippen LogP contribution in [-0.4, -0.2) is 9.85 Å². The second-order valence-electron chi connectivity index (χ2n) is 2.88. The van der Waals surface area contributed by atoms with E-state index in [9.17, 15) is 0 Å². The van der Waals surface area contributed by atoms with E-state index in [4.69, 9.17) is 12.2 Å². The molecular weight excluding hydrogens is 178 g/mol. The lowest BCUT2D eigenvalue weighted by atomic mass is 9.99. The van der Waals surface area contributed by atoms with Crippen molar-refractivity contribution in [1.82, 2.24) is 4.98 Å². The number of allylic oxidation sites excluding steroid dienone is 4. The third kappa shape index (κ3) is 1.73. The summed E-state index contributed by atoms with van der Waals surface area (Å²) < 4.78 is 0. The summed E-state index contributed by atoms with van der Waals surface area (Å²) in [6, 6.07) is 3.96. The van der Waals surface area contributed by atoms with Gasteiger partial charge in [-0.15, -0.1) is 0 Å².